The van der Waals surface area contributed by atoms with E-state index in [2.05, 4.69) is 10.4 Å². The van der Waals surface area contributed by atoms with Crippen molar-refractivity contribution in [3.8, 4) is 12.1 Å². The fourth-order valence-corrected chi connectivity index (χ4v) is 1.33. The molecule has 0 aromatic carbocycles. The molecule has 1 heterocycles. The zero-order chi connectivity index (χ0) is 15.2. The Hall–Kier alpha value is -2.65. The highest BCUT2D eigenvalue weighted by molar-refractivity contribution is 5.95. The SMILES string of the molecule is N#CCN(CC#N)NC(=O)c1cnccc1C(F)(F)F. The number of carbonyl (C=O) groups is 1. The standard InChI is InChI=1S/C11H8F3N5O/c12-11(13,14)9-1-4-17-7-8(9)10(20)18-19(5-2-15)6-3-16/h1,4,7H,5-6H2,(H,18,20). The van der Waals surface area contributed by atoms with Crippen LogP contribution in [0.5, 0.6) is 0 Å². The van der Waals surface area contributed by atoms with Gasteiger partial charge in [0, 0.05) is 12.4 Å². The number of carbonyl (C=O) groups excluding carboxylic acids is 1. The molecule has 9 heteroatoms. The van der Waals surface area contributed by atoms with E-state index >= 15 is 0 Å². The molecule has 1 rings (SSSR count). The summed E-state index contributed by atoms with van der Waals surface area (Å²) in [5, 5.41) is 17.9. The van der Waals surface area contributed by atoms with Crippen LogP contribution in [-0.2, 0) is 6.18 Å². The Morgan fingerprint density at radius 1 is 1.35 bits per heavy atom. The van der Waals surface area contributed by atoms with E-state index in [0.717, 1.165) is 17.4 Å². The van der Waals surface area contributed by atoms with Crippen molar-refractivity contribution >= 4 is 5.91 Å². The van der Waals surface area contributed by atoms with Gasteiger partial charge in [0.05, 0.1) is 23.3 Å². The number of nitrogens with zero attached hydrogens (tertiary/aromatic N) is 4. The van der Waals surface area contributed by atoms with Gasteiger partial charge in [0.25, 0.3) is 5.91 Å². The summed E-state index contributed by atoms with van der Waals surface area (Å²) in [6.07, 6.45) is -3.01. The highest BCUT2D eigenvalue weighted by Crippen LogP contribution is 2.31. The summed E-state index contributed by atoms with van der Waals surface area (Å²) in [6, 6.07) is 4.03. The molecule has 0 saturated heterocycles. The molecule has 0 saturated carbocycles. The number of halogens is 3. The lowest BCUT2D eigenvalue weighted by atomic mass is 10.1. The van der Waals surface area contributed by atoms with E-state index in [1.807, 2.05) is 0 Å². The molecule has 6 nitrogen and oxygen atoms in total. The second-order valence-electron chi connectivity index (χ2n) is 3.53. The average Bonchev–Trinajstić information content (AvgIpc) is 2.38. The van der Waals surface area contributed by atoms with E-state index in [-0.39, 0.29) is 13.1 Å². The molecule has 1 N–H and O–H groups in total. The fourth-order valence-electron chi connectivity index (χ4n) is 1.33. The molecule has 1 aromatic heterocycles. The van der Waals surface area contributed by atoms with E-state index in [1.54, 1.807) is 12.1 Å². The van der Waals surface area contributed by atoms with Gasteiger partial charge in [-0.15, -0.1) is 0 Å². The Balaban J connectivity index is 2.99. The molecule has 0 aliphatic carbocycles. The lowest BCUT2D eigenvalue weighted by Gasteiger charge is -2.18. The van der Waals surface area contributed by atoms with Gasteiger partial charge in [-0.1, -0.05) is 0 Å². The second kappa shape index (κ2) is 6.50. The molecule has 1 aromatic rings. The first-order chi connectivity index (χ1) is 9.40. The summed E-state index contributed by atoms with van der Waals surface area (Å²) in [6.45, 7) is -0.665. The topological polar surface area (TPSA) is 92.8 Å². The smallest absolute Gasteiger partial charge is 0.283 e. The normalized spacial score (nSPS) is 10.7. The van der Waals surface area contributed by atoms with Crippen molar-refractivity contribution in [2.75, 3.05) is 13.1 Å². The molecule has 20 heavy (non-hydrogen) atoms. The van der Waals surface area contributed by atoms with Gasteiger partial charge < -0.3 is 0 Å². The third-order valence-corrected chi connectivity index (χ3v) is 2.15. The van der Waals surface area contributed by atoms with E-state index in [0.29, 0.717) is 6.07 Å². The van der Waals surface area contributed by atoms with Gasteiger partial charge in [0.15, 0.2) is 0 Å². The highest BCUT2D eigenvalue weighted by Gasteiger charge is 2.35. The van der Waals surface area contributed by atoms with Gasteiger partial charge >= 0.3 is 6.18 Å². The predicted molar refractivity (Wildman–Crippen MR) is 59.5 cm³/mol. The van der Waals surface area contributed by atoms with E-state index in [1.165, 1.54) is 0 Å². The molecular weight excluding hydrogens is 275 g/mol. The number of alkyl halides is 3. The molecule has 0 fully saturated rings. The van der Waals surface area contributed by atoms with Crippen LogP contribution in [0.1, 0.15) is 15.9 Å². The van der Waals surface area contributed by atoms with Crippen LogP contribution in [0.2, 0.25) is 0 Å². The fraction of sp³-hybridized carbons (Fsp3) is 0.273. The number of aromatic nitrogens is 1. The monoisotopic (exact) mass is 283 g/mol. The molecule has 0 bridgehead atoms. The predicted octanol–water partition coefficient (Wildman–Crippen LogP) is 1.09. The molecule has 0 aliphatic rings. The van der Waals surface area contributed by atoms with Gasteiger partial charge in [-0.3, -0.25) is 15.2 Å². The maximum Gasteiger partial charge on any atom is 0.417 e. The van der Waals surface area contributed by atoms with E-state index in [9.17, 15) is 18.0 Å². The van der Waals surface area contributed by atoms with E-state index < -0.39 is 23.2 Å². The van der Waals surface area contributed by atoms with Crippen LogP contribution in [0, 0.1) is 22.7 Å². The summed E-state index contributed by atoms with van der Waals surface area (Å²) in [5.41, 5.74) is 0.237. The molecule has 0 spiro atoms. The lowest BCUT2D eigenvalue weighted by molar-refractivity contribution is -0.138. The zero-order valence-corrected chi connectivity index (χ0v) is 9.98. The molecule has 1 amide bonds. The Morgan fingerprint density at radius 2 is 1.95 bits per heavy atom. The van der Waals surface area contributed by atoms with Gasteiger partial charge in [0.1, 0.15) is 13.1 Å². The van der Waals surface area contributed by atoms with Gasteiger partial charge in [-0.05, 0) is 6.07 Å². The van der Waals surface area contributed by atoms with Crippen LogP contribution in [0.4, 0.5) is 13.2 Å². The molecule has 104 valence electrons. The molecular formula is C11H8F3N5O. The first-order valence-electron chi connectivity index (χ1n) is 5.21. The molecule has 0 radical (unpaired) electrons. The minimum absolute atomic E-state index is 0.332. The summed E-state index contributed by atoms with van der Waals surface area (Å²) in [5.74, 6) is -1.09. The largest absolute Gasteiger partial charge is 0.417 e. The van der Waals surface area contributed by atoms with Crippen molar-refractivity contribution < 1.29 is 18.0 Å². The van der Waals surface area contributed by atoms with Crippen molar-refractivity contribution in [3.05, 3.63) is 29.6 Å². The van der Waals surface area contributed by atoms with Crippen molar-refractivity contribution in [1.29, 1.82) is 10.5 Å². The van der Waals surface area contributed by atoms with Gasteiger partial charge in [-0.25, -0.2) is 0 Å². The quantitative estimate of drug-likeness (QED) is 0.659. The van der Waals surface area contributed by atoms with E-state index in [4.69, 9.17) is 10.5 Å². The first kappa shape index (κ1) is 15.4. The minimum atomic E-state index is -4.70. The molecule has 0 unspecified atom stereocenters. The third-order valence-electron chi connectivity index (χ3n) is 2.15. The van der Waals surface area contributed by atoms with Crippen molar-refractivity contribution in [3.63, 3.8) is 0 Å². The van der Waals surface area contributed by atoms with Gasteiger partial charge in [-0.2, -0.15) is 28.7 Å². The number of rotatable bonds is 4. The van der Waals surface area contributed by atoms with Crippen LogP contribution >= 0.6 is 0 Å². The maximum absolute atomic E-state index is 12.7. The Bertz CT molecular complexity index is 557. The number of nitriles is 2. The van der Waals surface area contributed by atoms with Crippen molar-refractivity contribution in [2.45, 2.75) is 6.18 Å². The Morgan fingerprint density at radius 3 is 2.45 bits per heavy atom. The van der Waals surface area contributed by atoms with Crippen molar-refractivity contribution in [2.24, 2.45) is 0 Å². The number of nitrogens with one attached hydrogen (secondary N) is 1. The highest BCUT2D eigenvalue weighted by atomic mass is 19.4. The second-order valence-corrected chi connectivity index (χ2v) is 3.53. The molecule has 0 atom stereocenters. The summed E-state index contributed by atoms with van der Waals surface area (Å²) >= 11 is 0. The van der Waals surface area contributed by atoms with Gasteiger partial charge in [0.2, 0.25) is 0 Å². The summed E-state index contributed by atoms with van der Waals surface area (Å²) in [4.78, 5) is 15.2. The first-order valence-corrected chi connectivity index (χ1v) is 5.21. The zero-order valence-electron chi connectivity index (χ0n) is 9.98. The van der Waals surface area contributed by atoms with Crippen LogP contribution in [0.25, 0.3) is 0 Å². The number of hydrazine groups is 1. The summed E-state index contributed by atoms with van der Waals surface area (Å²) in [7, 11) is 0. The summed E-state index contributed by atoms with van der Waals surface area (Å²) < 4.78 is 38.1. The Labute approximate surface area is 112 Å². The third kappa shape index (κ3) is 3.93. The Kier molecular flexibility index (Phi) is 5.01. The average molecular weight is 283 g/mol. The maximum atomic E-state index is 12.7. The van der Waals surface area contributed by atoms with Crippen LogP contribution in [0.15, 0.2) is 18.5 Å². The van der Waals surface area contributed by atoms with Crippen LogP contribution in [0.3, 0.4) is 0 Å². The lowest BCUT2D eigenvalue weighted by Crippen LogP contribution is -2.43. The van der Waals surface area contributed by atoms with Crippen LogP contribution < -0.4 is 5.43 Å². The molecule has 0 aliphatic heterocycles. The number of pyridine rings is 1. The number of hydrogen-bond acceptors (Lipinski definition) is 5. The number of amides is 1. The minimum Gasteiger partial charge on any atom is -0.283 e. The number of hydrogen-bond donors (Lipinski definition) is 1. The van der Waals surface area contributed by atoms with Crippen LogP contribution in [-0.4, -0.2) is 29.0 Å². The van der Waals surface area contributed by atoms with Crippen molar-refractivity contribution in [1.82, 2.24) is 15.4 Å².